The Morgan fingerprint density at radius 1 is 1.26 bits per heavy atom. The number of hydrogen-bond donors (Lipinski definition) is 2. The number of halogens is 1. The second-order valence-electron chi connectivity index (χ2n) is 7.63. The molecule has 0 bridgehead atoms. The van der Waals surface area contributed by atoms with Gasteiger partial charge in [-0.1, -0.05) is 18.5 Å². The van der Waals surface area contributed by atoms with Crippen LogP contribution in [0.15, 0.2) is 34.7 Å². The predicted molar refractivity (Wildman–Crippen MR) is 122 cm³/mol. The molecule has 10 heteroatoms. The van der Waals surface area contributed by atoms with Crippen molar-refractivity contribution in [2.75, 3.05) is 24.6 Å². The molecule has 4 aromatic heterocycles. The van der Waals surface area contributed by atoms with Crippen molar-refractivity contribution >= 4 is 51.4 Å². The lowest BCUT2D eigenvalue weighted by Crippen LogP contribution is -2.37. The van der Waals surface area contributed by atoms with Crippen LogP contribution in [0.5, 0.6) is 0 Å². The lowest BCUT2D eigenvalue weighted by molar-refractivity contribution is 0.208. The molecule has 4 aromatic rings. The molecule has 1 aliphatic rings. The predicted octanol–water partition coefficient (Wildman–Crippen LogP) is 3.87. The number of aromatic nitrogens is 6. The quantitative estimate of drug-likeness (QED) is 0.437. The molecule has 5 rings (SSSR count). The van der Waals surface area contributed by atoms with Gasteiger partial charge >= 0.3 is 0 Å². The van der Waals surface area contributed by atoms with Crippen molar-refractivity contribution in [1.29, 1.82) is 0 Å². The second-order valence-corrected chi connectivity index (χ2v) is 9.05. The number of nitrogens with zero attached hydrogens (tertiary/aromatic N) is 6. The summed E-state index contributed by atoms with van der Waals surface area (Å²) in [5.41, 5.74) is 3.02. The summed E-state index contributed by atoms with van der Waals surface area (Å²) in [6.07, 6.45) is 7.85. The Labute approximate surface area is 188 Å². The molecule has 1 unspecified atom stereocenters. The second kappa shape index (κ2) is 8.57. The summed E-state index contributed by atoms with van der Waals surface area (Å²) >= 11 is 8.14. The van der Waals surface area contributed by atoms with Crippen LogP contribution in [0.4, 0.5) is 5.82 Å². The molecular weight excluding hydrogens is 434 g/mol. The van der Waals surface area contributed by atoms with Gasteiger partial charge in [-0.25, -0.2) is 19.9 Å². The highest BCUT2D eigenvalue weighted by Gasteiger charge is 2.25. The number of aliphatic hydroxyl groups is 1. The minimum Gasteiger partial charge on any atom is -0.396 e. The minimum absolute atomic E-state index is 0.178. The number of H-pyrrole nitrogens is 1. The maximum absolute atomic E-state index is 9.69. The van der Waals surface area contributed by atoms with E-state index in [0.717, 1.165) is 65.3 Å². The van der Waals surface area contributed by atoms with Gasteiger partial charge in [0.15, 0.2) is 10.8 Å². The average molecular weight is 456 g/mol. The van der Waals surface area contributed by atoms with Gasteiger partial charge in [0, 0.05) is 48.9 Å². The summed E-state index contributed by atoms with van der Waals surface area (Å²) in [4.78, 5) is 29.1. The summed E-state index contributed by atoms with van der Waals surface area (Å²) in [7, 11) is 0. The van der Waals surface area contributed by atoms with Crippen molar-refractivity contribution in [3.8, 4) is 0 Å². The fourth-order valence-electron chi connectivity index (χ4n) is 4.00. The van der Waals surface area contributed by atoms with Crippen LogP contribution >= 0.6 is 23.4 Å². The molecule has 0 amide bonds. The standard InChI is InChI=1S/C21H22ClN7OS/c1-2-14-17(22)16-19(26-14)27-21(28-20(16)29-7-3-4-12(10-29)11-30)31-13-8-15-18(25-9-13)24-6-5-23-15/h5-6,8-9,12,30H,2-4,7,10-11H2,1H3,(H,26,27,28). The molecule has 31 heavy (non-hydrogen) atoms. The first kappa shape index (κ1) is 20.4. The Kier molecular flexibility index (Phi) is 5.64. The molecule has 2 N–H and O–H groups in total. The molecule has 0 radical (unpaired) electrons. The topological polar surface area (TPSA) is 104 Å². The molecule has 1 saturated heterocycles. The van der Waals surface area contributed by atoms with E-state index in [9.17, 15) is 5.11 Å². The van der Waals surface area contributed by atoms with Crippen molar-refractivity contribution in [1.82, 2.24) is 29.9 Å². The number of anilines is 1. The van der Waals surface area contributed by atoms with Crippen molar-refractivity contribution < 1.29 is 5.11 Å². The number of rotatable bonds is 5. The molecule has 0 aromatic carbocycles. The van der Waals surface area contributed by atoms with Gasteiger partial charge in [-0.3, -0.25) is 4.98 Å². The summed E-state index contributed by atoms with van der Waals surface area (Å²) in [5, 5.41) is 11.8. The van der Waals surface area contributed by atoms with Gasteiger partial charge in [0.25, 0.3) is 0 Å². The Morgan fingerprint density at radius 3 is 2.97 bits per heavy atom. The first-order chi connectivity index (χ1) is 15.2. The van der Waals surface area contributed by atoms with E-state index in [0.29, 0.717) is 15.8 Å². The van der Waals surface area contributed by atoms with E-state index >= 15 is 0 Å². The van der Waals surface area contributed by atoms with Crippen molar-refractivity contribution in [3.63, 3.8) is 0 Å². The zero-order valence-electron chi connectivity index (χ0n) is 17.0. The van der Waals surface area contributed by atoms with E-state index in [1.807, 2.05) is 6.07 Å². The number of aliphatic hydroxyl groups excluding tert-OH is 1. The Bertz CT molecular complexity index is 1250. The number of fused-ring (bicyclic) bond motifs is 2. The van der Waals surface area contributed by atoms with Gasteiger partial charge in [0.05, 0.1) is 10.4 Å². The van der Waals surface area contributed by atoms with Crippen LogP contribution in [0.3, 0.4) is 0 Å². The van der Waals surface area contributed by atoms with E-state index in [-0.39, 0.29) is 12.5 Å². The zero-order valence-corrected chi connectivity index (χ0v) is 18.6. The van der Waals surface area contributed by atoms with E-state index < -0.39 is 0 Å². The van der Waals surface area contributed by atoms with Gasteiger partial charge in [-0.05, 0) is 43.0 Å². The first-order valence-corrected chi connectivity index (χ1v) is 11.5. The summed E-state index contributed by atoms with van der Waals surface area (Å²) in [6.45, 7) is 3.87. The van der Waals surface area contributed by atoms with Crippen LogP contribution < -0.4 is 4.90 Å². The molecule has 8 nitrogen and oxygen atoms in total. The average Bonchev–Trinajstić information content (AvgIpc) is 3.14. The van der Waals surface area contributed by atoms with Gasteiger partial charge in [0.2, 0.25) is 0 Å². The first-order valence-electron chi connectivity index (χ1n) is 10.3. The highest BCUT2D eigenvalue weighted by Crippen LogP contribution is 2.38. The number of pyridine rings is 1. The SMILES string of the molecule is CCc1[nH]c2nc(Sc3cnc4nccnc4c3)nc(N3CCCC(CO)C3)c2c1Cl. The summed E-state index contributed by atoms with van der Waals surface area (Å²) in [6, 6.07) is 1.94. The van der Waals surface area contributed by atoms with E-state index in [4.69, 9.17) is 21.6 Å². The normalized spacial score (nSPS) is 17.0. The number of nitrogens with one attached hydrogen (secondary N) is 1. The smallest absolute Gasteiger partial charge is 0.196 e. The van der Waals surface area contributed by atoms with Crippen molar-refractivity contribution in [3.05, 3.63) is 35.4 Å². The lowest BCUT2D eigenvalue weighted by atomic mass is 9.99. The van der Waals surface area contributed by atoms with E-state index in [1.54, 1.807) is 18.6 Å². The largest absolute Gasteiger partial charge is 0.396 e. The fourth-order valence-corrected chi connectivity index (χ4v) is 5.11. The van der Waals surface area contributed by atoms with Gasteiger partial charge in [0.1, 0.15) is 17.0 Å². The Hall–Kier alpha value is -2.49. The molecule has 1 atom stereocenters. The number of aromatic amines is 1. The number of hydrogen-bond acceptors (Lipinski definition) is 8. The van der Waals surface area contributed by atoms with Crippen LogP contribution in [0, 0.1) is 5.92 Å². The van der Waals surface area contributed by atoms with Gasteiger partial charge in [-0.15, -0.1) is 0 Å². The van der Waals surface area contributed by atoms with E-state index in [2.05, 4.69) is 31.8 Å². The number of aryl methyl sites for hydroxylation is 1. The summed E-state index contributed by atoms with van der Waals surface area (Å²) < 4.78 is 0. The van der Waals surface area contributed by atoms with Crippen molar-refractivity contribution in [2.24, 2.45) is 5.92 Å². The van der Waals surface area contributed by atoms with Crippen molar-refractivity contribution in [2.45, 2.75) is 36.2 Å². The Balaban J connectivity index is 1.58. The third-order valence-corrected chi connectivity index (χ3v) is 6.80. The van der Waals surface area contributed by atoms with Crippen LogP contribution in [-0.2, 0) is 6.42 Å². The maximum Gasteiger partial charge on any atom is 0.196 e. The van der Waals surface area contributed by atoms with Gasteiger partial charge < -0.3 is 15.0 Å². The van der Waals surface area contributed by atoms with Crippen LogP contribution in [0.2, 0.25) is 5.02 Å². The highest BCUT2D eigenvalue weighted by atomic mass is 35.5. The maximum atomic E-state index is 9.69. The molecular formula is C21H22ClN7OS. The van der Waals surface area contributed by atoms with E-state index in [1.165, 1.54) is 11.8 Å². The lowest BCUT2D eigenvalue weighted by Gasteiger charge is -2.33. The molecule has 0 aliphatic carbocycles. The molecule has 160 valence electrons. The van der Waals surface area contributed by atoms with Gasteiger partial charge in [-0.2, -0.15) is 0 Å². The molecule has 1 fully saturated rings. The fraction of sp³-hybridized carbons (Fsp3) is 0.381. The third-order valence-electron chi connectivity index (χ3n) is 5.56. The molecule has 1 aliphatic heterocycles. The number of piperidine rings is 1. The van der Waals surface area contributed by atoms with Crippen LogP contribution in [0.25, 0.3) is 22.2 Å². The molecule has 0 saturated carbocycles. The third kappa shape index (κ3) is 3.93. The van der Waals surface area contributed by atoms with Crippen LogP contribution in [0.1, 0.15) is 25.5 Å². The van der Waals surface area contributed by atoms with Crippen LogP contribution in [-0.4, -0.2) is 54.7 Å². The monoisotopic (exact) mass is 455 g/mol. The highest BCUT2D eigenvalue weighted by molar-refractivity contribution is 7.99. The summed E-state index contributed by atoms with van der Waals surface area (Å²) in [5.74, 6) is 1.06. The molecule has 0 spiro atoms. The zero-order chi connectivity index (χ0) is 21.4. The minimum atomic E-state index is 0.178. The molecule has 5 heterocycles. The Morgan fingerprint density at radius 2 is 2.13 bits per heavy atom.